The third-order valence-corrected chi connectivity index (χ3v) is 3.24. The lowest BCUT2D eigenvalue weighted by Gasteiger charge is -2.13. The predicted octanol–water partition coefficient (Wildman–Crippen LogP) is 2.79. The van der Waals surface area contributed by atoms with Crippen molar-refractivity contribution in [2.45, 2.75) is 33.1 Å². The van der Waals surface area contributed by atoms with E-state index in [1.807, 2.05) is 24.3 Å². The molecule has 0 radical (unpaired) electrons. The molecule has 1 rings (SSSR count). The van der Waals surface area contributed by atoms with E-state index in [0.717, 1.165) is 30.7 Å². The summed E-state index contributed by atoms with van der Waals surface area (Å²) in [6, 6.07) is 7.63. The van der Waals surface area contributed by atoms with Crippen molar-refractivity contribution < 1.29 is 9.53 Å². The summed E-state index contributed by atoms with van der Waals surface area (Å²) < 4.78 is 5.14. The van der Waals surface area contributed by atoms with E-state index in [2.05, 4.69) is 19.2 Å². The van der Waals surface area contributed by atoms with Crippen LogP contribution in [0.3, 0.4) is 0 Å². The molecular weight excluding hydrogens is 226 g/mol. The number of nitrogens with one attached hydrogen (secondary N) is 1. The molecule has 0 aliphatic carbocycles. The number of carbonyl (C=O) groups is 1. The van der Waals surface area contributed by atoms with Gasteiger partial charge in [0.25, 0.3) is 0 Å². The lowest BCUT2D eigenvalue weighted by atomic mass is 10.0. The van der Waals surface area contributed by atoms with E-state index in [-0.39, 0.29) is 5.91 Å². The van der Waals surface area contributed by atoms with Crippen LogP contribution in [-0.4, -0.2) is 19.6 Å². The van der Waals surface area contributed by atoms with Crippen molar-refractivity contribution in [3.8, 4) is 5.75 Å². The average molecular weight is 249 g/mol. The molecule has 0 atom stereocenters. The minimum Gasteiger partial charge on any atom is -0.497 e. The molecule has 0 aromatic heterocycles. The van der Waals surface area contributed by atoms with Crippen molar-refractivity contribution in [2.75, 3.05) is 13.7 Å². The van der Waals surface area contributed by atoms with Crippen LogP contribution in [0.2, 0.25) is 0 Å². The van der Waals surface area contributed by atoms with Gasteiger partial charge in [-0.25, -0.2) is 0 Å². The number of hydrogen-bond acceptors (Lipinski definition) is 2. The van der Waals surface area contributed by atoms with Gasteiger partial charge < -0.3 is 10.1 Å². The number of benzene rings is 1. The Balaban J connectivity index is 2.44. The Labute approximate surface area is 110 Å². The quantitative estimate of drug-likeness (QED) is 0.807. The normalized spacial score (nSPS) is 10.4. The largest absolute Gasteiger partial charge is 0.497 e. The van der Waals surface area contributed by atoms with E-state index in [9.17, 15) is 4.79 Å². The first-order chi connectivity index (χ1) is 8.69. The van der Waals surface area contributed by atoms with Crippen LogP contribution in [0.4, 0.5) is 0 Å². The summed E-state index contributed by atoms with van der Waals surface area (Å²) >= 11 is 0. The Bertz CT molecular complexity index is 373. The molecular formula is C15H23NO2. The Morgan fingerprint density at radius 3 is 2.67 bits per heavy atom. The molecule has 3 heteroatoms. The highest BCUT2D eigenvalue weighted by atomic mass is 16.5. The first kappa shape index (κ1) is 14.6. The molecule has 0 aliphatic rings. The second-order valence-electron chi connectivity index (χ2n) is 4.51. The Hall–Kier alpha value is -1.51. The molecule has 1 aromatic carbocycles. The van der Waals surface area contributed by atoms with Gasteiger partial charge in [-0.05, 0) is 23.6 Å². The fourth-order valence-corrected chi connectivity index (χ4v) is 1.87. The van der Waals surface area contributed by atoms with Crippen molar-refractivity contribution in [3.63, 3.8) is 0 Å². The van der Waals surface area contributed by atoms with Gasteiger partial charge >= 0.3 is 0 Å². The maximum Gasteiger partial charge on any atom is 0.224 e. The highest BCUT2D eigenvalue weighted by Crippen LogP contribution is 2.13. The van der Waals surface area contributed by atoms with Crippen LogP contribution >= 0.6 is 0 Å². The first-order valence-corrected chi connectivity index (χ1v) is 6.59. The van der Waals surface area contributed by atoms with Gasteiger partial charge in [-0.15, -0.1) is 0 Å². The molecule has 0 saturated carbocycles. The van der Waals surface area contributed by atoms with E-state index < -0.39 is 0 Å². The molecule has 18 heavy (non-hydrogen) atoms. The third kappa shape index (κ3) is 4.78. The second kappa shape index (κ2) is 7.75. The average Bonchev–Trinajstić information content (AvgIpc) is 2.40. The van der Waals surface area contributed by atoms with E-state index in [4.69, 9.17) is 4.74 Å². The van der Waals surface area contributed by atoms with Crippen molar-refractivity contribution in [1.82, 2.24) is 5.32 Å². The Morgan fingerprint density at radius 2 is 2.06 bits per heavy atom. The molecule has 3 nitrogen and oxygen atoms in total. The Morgan fingerprint density at radius 1 is 1.33 bits per heavy atom. The summed E-state index contributed by atoms with van der Waals surface area (Å²) in [7, 11) is 1.63. The van der Waals surface area contributed by atoms with Crippen LogP contribution in [0.15, 0.2) is 24.3 Å². The van der Waals surface area contributed by atoms with E-state index in [1.165, 1.54) is 0 Å². The lowest BCUT2D eigenvalue weighted by molar-refractivity contribution is -0.120. The maximum absolute atomic E-state index is 11.8. The zero-order valence-corrected chi connectivity index (χ0v) is 11.5. The molecule has 0 aliphatic heterocycles. The summed E-state index contributed by atoms with van der Waals surface area (Å²) in [5.74, 6) is 1.45. The standard InChI is InChI=1S/C15H23NO2/c1-4-12(5-2)11-16-15(17)10-13-7-6-8-14(9-13)18-3/h6-9,12H,4-5,10-11H2,1-3H3,(H,16,17). The third-order valence-electron chi connectivity index (χ3n) is 3.24. The van der Waals surface area contributed by atoms with Gasteiger partial charge in [0, 0.05) is 6.54 Å². The molecule has 1 amide bonds. The number of ether oxygens (including phenoxy) is 1. The highest BCUT2D eigenvalue weighted by Gasteiger charge is 2.07. The smallest absolute Gasteiger partial charge is 0.224 e. The van der Waals surface area contributed by atoms with Gasteiger partial charge in [-0.3, -0.25) is 4.79 Å². The Kier molecular flexibility index (Phi) is 6.26. The van der Waals surface area contributed by atoms with Gasteiger partial charge in [0.1, 0.15) is 5.75 Å². The number of rotatable bonds is 7. The number of amides is 1. The highest BCUT2D eigenvalue weighted by molar-refractivity contribution is 5.78. The molecule has 0 bridgehead atoms. The molecule has 1 N–H and O–H groups in total. The van der Waals surface area contributed by atoms with Gasteiger partial charge in [0.2, 0.25) is 5.91 Å². The first-order valence-electron chi connectivity index (χ1n) is 6.59. The fraction of sp³-hybridized carbons (Fsp3) is 0.533. The molecule has 0 fully saturated rings. The van der Waals surface area contributed by atoms with Crippen molar-refractivity contribution in [3.05, 3.63) is 29.8 Å². The minimum atomic E-state index is 0.0788. The predicted molar refractivity (Wildman–Crippen MR) is 73.8 cm³/mol. The fourth-order valence-electron chi connectivity index (χ4n) is 1.87. The van der Waals surface area contributed by atoms with Crippen molar-refractivity contribution >= 4 is 5.91 Å². The van der Waals surface area contributed by atoms with Gasteiger partial charge in [0.05, 0.1) is 13.5 Å². The number of hydrogen-bond donors (Lipinski definition) is 1. The summed E-state index contributed by atoms with van der Waals surface area (Å²) in [6.07, 6.45) is 2.63. The molecule has 0 spiro atoms. The van der Waals surface area contributed by atoms with Gasteiger partial charge in [0.15, 0.2) is 0 Å². The topological polar surface area (TPSA) is 38.3 Å². The number of carbonyl (C=O) groups excluding carboxylic acids is 1. The summed E-state index contributed by atoms with van der Waals surface area (Å²) in [5.41, 5.74) is 0.983. The molecule has 1 aromatic rings. The zero-order chi connectivity index (χ0) is 13.4. The molecule has 0 saturated heterocycles. The second-order valence-corrected chi connectivity index (χ2v) is 4.51. The van der Waals surface area contributed by atoms with Crippen molar-refractivity contribution in [2.24, 2.45) is 5.92 Å². The van der Waals surface area contributed by atoms with Gasteiger partial charge in [-0.1, -0.05) is 38.8 Å². The van der Waals surface area contributed by atoms with E-state index >= 15 is 0 Å². The van der Waals surface area contributed by atoms with Crippen LogP contribution in [0.1, 0.15) is 32.3 Å². The van der Waals surface area contributed by atoms with Crippen LogP contribution in [0.25, 0.3) is 0 Å². The van der Waals surface area contributed by atoms with Crippen LogP contribution in [-0.2, 0) is 11.2 Å². The van der Waals surface area contributed by atoms with Crippen LogP contribution in [0.5, 0.6) is 5.75 Å². The van der Waals surface area contributed by atoms with Crippen LogP contribution < -0.4 is 10.1 Å². The van der Waals surface area contributed by atoms with Crippen LogP contribution in [0, 0.1) is 5.92 Å². The maximum atomic E-state index is 11.8. The van der Waals surface area contributed by atoms with Gasteiger partial charge in [-0.2, -0.15) is 0 Å². The SMILES string of the molecule is CCC(CC)CNC(=O)Cc1cccc(OC)c1. The summed E-state index contributed by atoms with van der Waals surface area (Å²) in [4.78, 5) is 11.8. The monoisotopic (exact) mass is 249 g/mol. The minimum absolute atomic E-state index is 0.0788. The molecule has 100 valence electrons. The number of methoxy groups -OCH3 is 1. The van der Waals surface area contributed by atoms with E-state index in [0.29, 0.717) is 12.3 Å². The van der Waals surface area contributed by atoms with E-state index in [1.54, 1.807) is 7.11 Å². The summed E-state index contributed by atoms with van der Waals surface area (Å²) in [5, 5.41) is 2.99. The molecule has 0 heterocycles. The lowest BCUT2D eigenvalue weighted by Crippen LogP contribution is -2.30. The molecule has 0 unspecified atom stereocenters. The van der Waals surface area contributed by atoms with Crippen molar-refractivity contribution in [1.29, 1.82) is 0 Å². The zero-order valence-electron chi connectivity index (χ0n) is 11.5. The summed E-state index contributed by atoms with van der Waals surface area (Å²) in [6.45, 7) is 5.08.